The molecule has 1 atom stereocenters. The fraction of sp³-hybridized carbons (Fsp3) is 0.444. The SMILES string of the molecule is Cc1cc(C)n2ncc(CN3CCO[C@@H](c4cc(=O)[nH]c(C)n4)C3)c2n1. The van der Waals surface area contributed by atoms with Crippen LogP contribution in [0.15, 0.2) is 23.1 Å². The minimum Gasteiger partial charge on any atom is -0.369 e. The maximum atomic E-state index is 11.7. The Hall–Kier alpha value is -2.58. The molecular formula is C18H22N6O2. The van der Waals surface area contributed by atoms with Crippen LogP contribution in [0.5, 0.6) is 0 Å². The van der Waals surface area contributed by atoms with E-state index in [0.29, 0.717) is 24.7 Å². The Balaban J connectivity index is 1.56. The summed E-state index contributed by atoms with van der Waals surface area (Å²) in [6.45, 7) is 8.64. The van der Waals surface area contributed by atoms with E-state index in [1.807, 2.05) is 30.6 Å². The molecule has 0 radical (unpaired) electrons. The van der Waals surface area contributed by atoms with Gasteiger partial charge in [-0.25, -0.2) is 14.5 Å². The van der Waals surface area contributed by atoms with Gasteiger partial charge < -0.3 is 9.72 Å². The Kier molecular flexibility index (Phi) is 4.29. The molecule has 8 nitrogen and oxygen atoms in total. The first-order valence-corrected chi connectivity index (χ1v) is 8.72. The first kappa shape index (κ1) is 16.9. The van der Waals surface area contributed by atoms with Gasteiger partial charge in [0.2, 0.25) is 0 Å². The maximum absolute atomic E-state index is 11.7. The van der Waals surface area contributed by atoms with Crippen molar-refractivity contribution >= 4 is 5.65 Å². The van der Waals surface area contributed by atoms with E-state index in [-0.39, 0.29) is 11.7 Å². The molecule has 0 spiro atoms. The van der Waals surface area contributed by atoms with E-state index in [1.165, 1.54) is 6.07 Å². The summed E-state index contributed by atoms with van der Waals surface area (Å²) in [5, 5.41) is 4.46. The van der Waals surface area contributed by atoms with E-state index in [4.69, 9.17) is 4.74 Å². The van der Waals surface area contributed by atoms with Gasteiger partial charge in [-0.15, -0.1) is 0 Å². The summed E-state index contributed by atoms with van der Waals surface area (Å²) in [5.41, 5.74) is 4.58. The molecule has 1 saturated heterocycles. The molecule has 8 heteroatoms. The van der Waals surface area contributed by atoms with Crippen LogP contribution in [-0.2, 0) is 11.3 Å². The Labute approximate surface area is 150 Å². The summed E-state index contributed by atoms with van der Waals surface area (Å²) in [6, 6.07) is 3.54. The number of H-pyrrole nitrogens is 1. The molecule has 0 bridgehead atoms. The zero-order valence-corrected chi connectivity index (χ0v) is 15.2. The largest absolute Gasteiger partial charge is 0.369 e. The molecule has 4 rings (SSSR count). The minimum atomic E-state index is -0.206. The highest BCUT2D eigenvalue weighted by atomic mass is 16.5. The second kappa shape index (κ2) is 6.62. The van der Waals surface area contributed by atoms with Crippen LogP contribution in [-0.4, -0.2) is 49.2 Å². The van der Waals surface area contributed by atoms with Crippen LogP contribution in [0.25, 0.3) is 5.65 Å². The van der Waals surface area contributed by atoms with Gasteiger partial charge in [0, 0.05) is 42.7 Å². The number of nitrogens with one attached hydrogen (secondary N) is 1. The highest BCUT2D eigenvalue weighted by Gasteiger charge is 2.24. The first-order chi connectivity index (χ1) is 12.5. The third-order valence-electron chi connectivity index (χ3n) is 4.61. The van der Waals surface area contributed by atoms with Gasteiger partial charge in [0.05, 0.1) is 18.5 Å². The summed E-state index contributed by atoms with van der Waals surface area (Å²) in [5.74, 6) is 0.603. The monoisotopic (exact) mass is 354 g/mol. The lowest BCUT2D eigenvalue weighted by Crippen LogP contribution is -2.38. The molecule has 1 N–H and O–H groups in total. The lowest BCUT2D eigenvalue weighted by atomic mass is 10.2. The molecule has 136 valence electrons. The predicted octanol–water partition coefficient (Wildman–Crippen LogP) is 1.31. The van der Waals surface area contributed by atoms with Crippen molar-refractivity contribution in [2.75, 3.05) is 19.7 Å². The summed E-state index contributed by atoms with van der Waals surface area (Å²) in [6.07, 6.45) is 1.68. The van der Waals surface area contributed by atoms with Crippen LogP contribution in [0, 0.1) is 20.8 Å². The van der Waals surface area contributed by atoms with Gasteiger partial charge in [-0.05, 0) is 26.8 Å². The number of fused-ring (bicyclic) bond motifs is 1. The molecule has 1 fully saturated rings. The van der Waals surface area contributed by atoms with Gasteiger partial charge >= 0.3 is 0 Å². The number of rotatable bonds is 3. The van der Waals surface area contributed by atoms with Gasteiger partial charge in [-0.3, -0.25) is 9.69 Å². The Morgan fingerprint density at radius 1 is 1.27 bits per heavy atom. The average molecular weight is 354 g/mol. The second-order valence-electron chi connectivity index (χ2n) is 6.79. The highest BCUT2D eigenvalue weighted by Crippen LogP contribution is 2.22. The van der Waals surface area contributed by atoms with Crippen molar-refractivity contribution in [3.63, 3.8) is 0 Å². The van der Waals surface area contributed by atoms with Crippen LogP contribution >= 0.6 is 0 Å². The van der Waals surface area contributed by atoms with E-state index in [2.05, 4.69) is 25.0 Å². The Bertz CT molecular complexity index is 1010. The van der Waals surface area contributed by atoms with Crippen molar-refractivity contribution in [3.8, 4) is 0 Å². The van der Waals surface area contributed by atoms with Crippen molar-refractivity contribution < 1.29 is 4.74 Å². The van der Waals surface area contributed by atoms with E-state index in [0.717, 1.165) is 35.7 Å². The molecule has 26 heavy (non-hydrogen) atoms. The van der Waals surface area contributed by atoms with E-state index in [9.17, 15) is 4.79 Å². The molecular weight excluding hydrogens is 332 g/mol. The number of ether oxygens (including phenoxy) is 1. The van der Waals surface area contributed by atoms with Crippen LogP contribution in [0.1, 0.15) is 34.6 Å². The van der Waals surface area contributed by atoms with Crippen molar-refractivity contribution in [1.82, 2.24) is 29.5 Å². The molecule has 3 aromatic heterocycles. The number of aromatic amines is 1. The summed E-state index contributed by atoms with van der Waals surface area (Å²) < 4.78 is 7.73. The zero-order chi connectivity index (χ0) is 18.3. The number of nitrogens with zero attached hydrogens (tertiary/aromatic N) is 5. The third-order valence-corrected chi connectivity index (χ3v) is 4.61. The number of hydrogen-bond donors (Lipinski definition) is 1. The molecule has 1 aliphatic heterocycles. The van der Waals surface area contributed by atoms with Crippen molar-refractivity contribution in [2.45, 2.75) is 33.4 Å². The number of hydrogen-bond acceptors (Lipinski definition) is 6. The fourth-order valence-corrected chi connectivity index (χ4v) is 3.46. The standard InChI is InChI=1S/C18H22N6O2/c1-11-6-12(2)24-18(20-11)14(8-19-24)9-23-4-5-26-16(10-23)15-7-17(25)22-13(3)21-15/h6-8,16H,4-5,9-10H2,1-3H3,(H,21,22,25)/t16-/m1/s1. The number of aryl methyl sites for hydroxylation is 3. The van der Waals surface area contributed by atoms with Gasteiger partial charge in [0.15, 0.2) is 5.65 Å². The van der Waals surface area contributed by atoms with Gasteiger partial charge in [0.1, 0.15) is 11.9 Å². The molecule has 3 aromatic rings. The van der Waals surface area contributed by atoms with Crippen LogP contribution in [0.3, 0.4) is 0 Å². The molecule has 0 amide bonds. The second-order valence-corrected chi connectivity index (χ2v) is 6.79. The lowest BCUT2D eigenvalue weighted by molar-refractivity contribution is -0.0350. The lowest BCUT2D eigenvalue weighted by Gasteiger charge is -2.32. The van der Waals surface area contributed by atoms with Gasteiger partial charge in [0.25, 0.3) is 5.56 Å². The Morgan fingerprint density at radius 3 is 2.92 bits per heavy atom. The van der Waals surface area contributed by atoms with Crippen LogP contribution in [0.2, 0.25) is 0 Å². The quantitative estimate of drug-likeness (QED) is 0.763. The van der Waals surface area contributed by atoms with Crippen LogP contribution < -0.4 is 5.56 Å². The molecule has 0 aliphatic carbocycles. The molecule has 1 aliphatic rings. The molecule has 4 heterocycles. The smallest absolute Gasteiger partial charge is 0.251 e. The molecule has 0 aromatic carbocycles. The average Bonchev–Trinajstić information content (AvgIpc) is 2.97. The minimum absolute atomic E-state index is 0.147. The van der Waals surface area contributed by atoms with E-state index in [1.54, 1.807) is 6.92 Å². The highest BCUT2D eigenvalue weighted by molar-refractivity contribution is 5.47. The summed E-state index contributed by atoms with van der Waals surface area (Å²) in [4.78, 5) is 25.8. The summed E-state index contributed by atoms with van der Waals surface area (Å²) >= 11 is 0. The summed E-state index contributed by atoms with van der Waals surface area (Å²) in [7, 11) is 0. The maximum Gasteiger partial charge on any atom is 0.251 e. The fourth-order valence-electron chi connectivity index (χ4n) is 3.46. The van der Waals surface area contributed by atoms with Crippen LogP contribution in [0.4, 0.5) is 0 Å². The number of aromatic nitrogens is 5. The van der Waals surface area contributed by atoms with E-state index < -0.39 is 0 Å². The topological polar surface area (TPSA) is 88.4 Å². The van der Waals surface area contributed by atoms with Gasteiger partial charge in [-0.2, -0.15) is 5.10 Å². The third kappa shape index (κ3) is 3.25. The van der Waals surface area contributed by atoms with Crippen molar-refractivity contribution in [3.05, 3.63) is 57.2 Å². The zero-order valence-electron chi connectivity index (χ0n) is 15.2. The van der Waals surface area contributed by atoms with Gasteiger partial charge in [-0.1, -0.05) is 0 Å². The first-order valence-electron chi connectivity index (χ1n) is 8.72. The van der Waals surface area contributed by atoms with Crippen molar-refractivity contribution in [2.24, 2.45) is 0 Å². The molecule has 0 saturated carbocycles. The molecule has 0 unspecified atom stereocenters. The number of morpholine rings is 1. The Morgan fingerprint density at radius 2 is 2.12 bits per heavy atom. The van der Waals surface area contributed by atoms with E-state index >= 15 is 0 Å². The predicted molar refractivity (Wildman–Crippen MR) is 96.0 cm³/mol. The normalized spacial score (nSPS) is 18.5. The van der Waals surface area contributed by atoms with Crippen molar-refractivity contribution in [1.29, 1.82) is 0 Å².